The molecule has 0 saturated carbocycles. The van der Waals surface area contributed by atoms with Gasteiger partial charge in [0.2, 0.25) is 11.7 Å². The van der Waals surface area contributed by atoms with Gasteiger partial charge in [-0.25, -0.2) is 0 Å². The van der Waals surface area contributed by atoms with Crippen molar-refractivity contribution in [2.24, 2.45) is 0 Å². The number of esters is 1. The van der Waals surface area contributed by atoms with Crippen LogP contribution in [0.15, 0.2) is 34.2 Å². The van der Waals surface area contributed by atoms with E-state index in [1.165, 1.54) is 7.11 Å². The lowest BCUT2D eigenvalue weighted by molar-refractivity contribution is -0.142. The number of carbonyl (C=O) groups is 1. The highest BCUT2D eigenvalue weighted by Gasteiger charge is 2.32. The minimum Gasteiger partial charge on any atom is -0.493 e. The highest BCUT2D eigenvalue weighted by atomic mass is 32.1. The maximum atomic E-state index is 12.2. The number of ether oxygens (including phenoxy) is 3. The first kappa shape index (κ1) is 20.4. The number of hydrogen-bond donors (Lipinski definition) is 0. The van der Waals surface area contributed by atoms with Gasteiger partial charge in [-0.05, 0) is 41.1 Å². The Labute approximate surface area is 178 Å². The molecule has 158 valence electrons. The highest BCUT2D eigenvalue weighted by Crippen LogP contribution is 2.40. The van der Waals surface area contributed by atoms with Gasteiger partial charge in [0.1, 0.15) is 0 Å². The first-order valence-corrected chi connectivity index (χ1v) is 10.4. The Kier molecular flexibility index (Phi) is 6.01. The second kappa shape index (κ2) is 8.85. The third-order valence-electron chi connectivity index (χ3n) is 5.25. The van der Waals surface area contributed by atoms with E-state index in [0.29, 0.717) is 29.8 Å². The third kappa shape index (κ3) is 4.03. The molecule has 0 amide bonds. The number of aromatic nitrogens is 2. The summed E-state index contributed by atoms with van der Waals surface area (Å²) in [4.78, 5) is 19.8. The average Bonchev–Trinajstić information content (AvgIpc) is 3.46. The molecule has 0 unspecified atom stereocenters. The molecule has 9 heteroatoms. The van der Waals surface area contributed by atoms with Crippen LogP contribution in [0.1, 0.15) is 29.5 Å². The van der Waals surface area contributed by atoms with Crippen molar-refractivity contribution in [1.82, 2.24) is 15.0 Å². The molecule has 30 heavy (non-hydrogen) atoms. The van der Waals surface area contributed by atoms with Crippen LogP contribution in [0.4, 0.5) is 0 Å². The van der Waals surface area contributed by atoms with Gasteiger partial charge in [0.25, 0.3) is 0 Å². The van der Waals surface area contributed by atoms with Crippen molar-refractivity contribution in [3.8, 4) is 22.2 Å². The molecule has 1 aromatic carbocycles. The Morgan fingerprint density at radius 2 is 2.07 bits per heavy atom. The van der Waals surface area contributed by atoms with Crippen molar-refractivity contribution in [2.45, 2.75) is 25.4 Å². The lowest BCUT2D eigenvalue weighted by Gasteiger charge is -2.36. The molecule has 1 atom stereocenters. The predicted octanol–water partition coefficient (Wildman–Crippen LogP) is 3.48. The van der Waals surface area contributed by atoms with E-state index in [4.69, 9.17) is 18.7 Å². The van der Waals surface area contributed by atoms with Crippen LogP contribution in [0.5, 0.6) is 11.5 Å². The first-order chi connectivity index (χ1) is 14.6. The van der Waals surface area contributed by atoms with Crippen molar-refractivity contribution in [3.05, 3.63) is 46.7 Å². The van der Waals surface area contributed by atoms with Crippen LogP contribution in [-0.2, 0) is 22.5 Å². The van der Waals surface area contributed by atoms with Crippen LogP contribution in [0, 0.1) is 0 Å². The van der Waals surface area contributed by atoms with Crippen LogP contribution in [0.3, 0.4) is 0 Å². The van der Waals surface area contributed by atoms with Crippen LogP contribution in [0.2, 0.25) is 0 Å². The zero-order chi connectivity index (χ0) is 21.1. The standard InChI is InChI=1S/C21H23N3O5S/c1-26-16-9-13-6-7-24(12-19-22-21(23-29-19)18-5-4-8-30-18)15(11-20(25)28-3)14(13)10-17(16)27-2/h4-5,8-10,15H,6-7,11-12H2,1-3H3/t15-/m0/s1. The average molecular weight is 429 g/mol. The fourth-order valence-electron chi connectivity index (χ4n) is 3.75. The summed E-state index contributed by atoms with van der Waals surface area (Å²) in [6, 6.07) is 7.64. The molecule has 3 aromatic rings. The Morgan fingerprint density at radius 3 is 2.77 bits per heavy atom. The fraction of sp³-hybridized carbons (Fsp3) is 0.381. The molecule has 0 bridgehead atoms. The first-order valence-electron chi connectivity index (χ1n) is 9.55. The molecule has 0 saturated heterocycles. The van der Waals surface area contributed by atoms with E-state index in [0.717, 1.165) is 29.0 Å². The summed E-state index contributed by atoms with van der Waals surface area (Å²) in [5.74, 6) is 2.12. The minimum atomic E-state index is -0.280. The molecule has 4 rings (SSSR count). The van der Waals surface area contributed by atoms with Crippen LogP contribution >= 0.6 is 11.3 Å². The van der Waals surface area contributed by atoms with Crippen LogP contribution < -0.4 is 9.47 Å². The third-order valence-corrected chi connectivity index (χ3v) is 6.12. The van der Waals surface area contributed by atoms with Gasteiger partial charge in [-0.3, -0.25) is 9.69 Å². The molecule has 1 aliphatic rings. The van der Waals surface area contributed by atoms with Crippen LogP contribution in [0.25, 0.3) is 10.7 Å². The summed E-state index contributed by atoms with van der Waals surface area (Å²) in [7, 11) is 4.62. The van der Waals surface area contributed by atoms with E-state index in [2.05, 4.69) is 15.0 Å². The number of methoxy groups -OCH3 is 3. The van der Waals surface area contributed by atoms with E-state index >= 15 is 0 Å². The van der Waals surface area contributed by atoms with Gasteiger partial charge >= 0.3 is 5.97 Å². The highest BCUT2D eigenvalue weighted by molar-refractivity contribution is 7.13. The maximum Gasteiger partial charge on any atom is 0.307 e. The summed E-state index contributed by atoms with van der Waals surface area (Å²) in [6.45, 7) is 1.18. The molecular weight excluding hydrogens is 406 g/mol. The van der Waals surface area contributed by atoms with Gasteiger partial charge in [-0.2, -0.15) is 4.98 Å². The second-order valence-electron chi connectivity index (χ2n) is 6.91. The largest absolute Gasteiger partial charge is 0.493 e. The lowest BCUT2D eigenvalue weighted by atomic mass is 9.90. The van der Waals surface area contributed by atoms with E-state index in [9.17, 15) is 4.79 Å². The molecule has 0 fully saturated rings. The monoisotopic (exact) mass is 429 g/mol. The zero-order valence-corrected chi connectivity index (χ0v) is 17.9. The molecular formula is C21H23N3O5S. The topological polar surface area (TPSA) is 86.9 Å². The Hall–Kier alpha value is -2.91. The van der Waals surface area contributed by atoms with E-state index < -0.39 is 0 Å². The Bertz CT molecular complexity index is 1020. The van der Waals surface area contributed by atoms with E-state index in [1.807, 2.05) is 29.6 Å². The van der Waals surface area contributed by atoms with Crippen molar-refractivity contribution in [2.75, 3.05) is 27.9 Å². The number of nitrogens with zero attached hydrogens (tertiary/aromatic N) is 3. The van der Waals surface area contributed by atoms with Crippen molar-refractivity contribution in [1.29, 1.82) is 0 Å². The molecule has 0 radical (unpaired) electrons. The van der Waals surface area contributed by atoms with Gasteiger partial charge in [-0.15, -0.1) is 11.3 Å². The quantitative estimate of drug-likeness (QED) is 0.528. The summed E-state index contributed by atoms with van der Waals surface area (Å²) < 4.78 is 21.4. The van der Waals surface area contributed by atoms with Crippen molar-refractivity contribution < 1.29 is 23.5 Å². The number of benzene rings is 1. The smallest absolute Gasteiger partial charge is 0.307 e. The molecule has 2 aromatic heterocycles. The number of fused-ring (bicyclic) bond motifs is 1. The van der Waals surface area contributed by atoms with Crippen molar-refractivity contribution >= 4 is 17.3 Å². The van der Waals surface area contributed by atoms with E-state index in [-0.39, 0.29) is 18.4 Å². The fourth-order valence-corrected chi connectivity index (χ4v) is 4.40. The Morgan fingerprint density at radius 1 is 1.27 bits per heavy atom. The van der Waals surface area contributed by atoms with Gasteiger partial charge in [0.05, 0.1) is 39.2 Å². The number of thiophene rings is 1. The van der Waals surface area contributed by atoms with Gasteiger partial charge < -0.3 is 18.7 Å². The number of carbonyl (C=O) groups excluding carboxylic acids is 1. The summed E-state index contributed by atoms with van der Waals surface area (Å²) in [5.41, 5.74) is 2.14. The van der Waals surface area contributed by atoms with Gasteiger partial charge in [0.15, 0.2) is 11.5 Å². The molecule has 3 heterocycles. The second-order valence-corrected chi connectivity index (χ2v) is 7.86. The predicted molar refractivity (Wildman–Crippen MR) is 111 cm³/mol. The van der Waals surface area contributed by atoms with Crippen LogP contribution in [-0.4, -0.2) is 48.9 Å². The SMILES string of the molecule is COC(=O)C[C@H]1c2cc(OC)c(OC)cc2CCN1Cc1nc(-c2cccs2)no1. The molecule has 0 N–H and O–H groups in total. The summed E-state index contributed by atoms with van der Waals surface area (Å²) in [6.07, 6.45) is 1.02. The molecule has 8 nitrogen and oxygen atoms in total. The Balaban J connectivity index is 1.63. The van der Waals surface area contributed by atoms with Crippen molar-refractivity contribution in [3.63, 3.8) is 0 Å². The normalized spacial score (nSPS) is 16.2. The number of hydrogen-bond acceptors (Lipinski definition) is 9. The molecule has 0 spiro atoms. The number of rotatable bonds is 7. The van der Waals surface area contributed by atoms with E-state index in [1.54, 1.807) is 25.6 Å². The maximum absolute atomic E-state index is 12.2. The molecule has 0 aliphatic carbocycles. The molecule has 1 aliphatic heterocycles. The van der Waals surface area contributed by atoms with Gasteiger partial charge in [-0.1, -0.05) is 11.2 Å². The van der Waals surface area contributed by atoms with Gasteiger partial charge in [0, 0.05) is 12.6 Å². The lowest BCUT2D eigenvalue weighted by Crippen LogP contribution is -2.36. The zero-order valence-electron chi connectivity index (χ0n) is 17.1. The summed E-state index contributed by atoms with van der Waals surface area (Å²) in [5, 5.41) is 6.06. The minimum absolute atomic E-state index is 0.196. The summed E-state index contributed by atoms with van der Waals surface area (Å²) >= 11 is 1.56.